The van der Waals surface area contributed by atoms with Crippen LogP contribution in [0.3, 0.4) is 0 Å². The molecule has 0 fully saturated rings. The molecule has 0 aromatic carbocycles. The van der Waals surface area contributed by atoms with E-state index < -0.39 is 0 Å². The van der Waals surface area contributed by atoms with Crippen LogP contribution in [0, 0.1) is 6.92 Å². The first-order valence-corrected chi connectivity index (χ1v) is 8.45. The predicted octanol–water partition coefficient (Wildman–Crippen LogP) is 2.00. The third-order valence-corrected chi connectivity index (χ3v) is 4.02. The number of nitrogens with one attached hydrogen (secondary N) is 1. The van der Waals surface area contributed by atoms with Crippen molar-refractivity contribution in [2.75, 3.05) is 19.9 Å². The molecular formula is C16H18N4O4S. The number of hydrogen-bond donors (Lipinski definition) is 2. The fraction of sp³-hybridized carbons (Fsp3) is 0.312. The first-order chi connectivity index (χ1) is 12.3. The Kier molecular flexibility index (Phi) is 5.94. The summed E-state index contributed by atoms with van der Waals surface area (Å²) in [5, 5.41) is 16.3. The molecule has 3 aromatic rings. The molecule has 2 N–H and O–H groups in total. The maximum absolute atomic E-state index is 8.69. The number of ether oxygens (including phenoxy) is 2. The van der Waals surface area contributed by atoms with E-state index in [1.165, 1.54) is 11.5 Å². The van der Waals surface area contributed by atoms with E-state index in [4.69, 9.17) is 19.1 Å². The third-order valence-electron chi connectivity index (χ3n) is 3.33. The Hall–Kier alpha value is -2.49. The normalized spacial score (nSPS) is 10.8. The van der Waals surface area contributed by atoms with Crippen molar-refractivity contribution in [2.45, 2.75) is 13.5 Å². The van der Waals surface area contributed by atoms with Crippen LogP contribution in [0.2, 0.25) is 0 Å². The monoisotopic (exact) mass is 362 g/mol. The quantitative estimate of drug-likeness (QED) is 0.440. The van der Waals surface area contributed by atoms with Gasteiger partial charge >= 0.3 is 0 Å². The number of aromatic nitrogens is 3. The van der Waals surface area contributed by atoms with Gasteiger partial charge in [0, 0.05) is 24.3 Å². The number of aliphatic hydroxyl groups is 1. The van der Waals surface area contributed by atoms with Gasteiger partial charge in [0.1, 0.15) is 24.8 Å². The zero-order chi connectivity index (χ0) is 17.5. The molecule has 9 heteroatoms. The van der Waals surface area contributed by atoms with E-state index >= 15 is 0 Å². The molecule has 0 atom stereocenters. The average Bonchev–Trinajstić information content (AvgIpc) is 3.24. The molecule has 0 unspecified atom stereocenters. The van der Waals surface area contributed by atoms with Crippen LogP contribution >= 0.6 is 11.5 Å². The lowest BCUT2D eigenvalue weighted by Crippen LogP contribution is -2.22. The maximum Gasteiger partial charge on any atom is 0.229 e. The summed E-state index contributed by atoms with van der Waals surface area (Å²) in [6, 6.07) is 7.33. The number of hydrogen-bond acceptors (Lipinski definition) is 9. The largest absolute Gasteiger partial charge is 0.472 e. The molecule has 3 rings (SSSR count). The fourth-order valence-corrected chi connectivity index (χ4v) is 2.61. The average molecular weight is 362 g/mol. The molecule has 3 heterocycles. The topological polar surface area (TPSA) is 103 Å². The van der Waals surface area contributed by atoms with Crippen LogP contribution in [0.25, 0.3) is 11.4 Å². The van der Waals surface area contributed by atoms with Gasteiger partial charge in [-0.25, -0.2) is 0 Å². The Bertz CT molecular complexity index is 791. The molecule has 0 amide bonds. The first-order valence-electron chi connectivity index (χ1n) is 7.68. The van der Waals surface area contributed by atoms with E-state index in [0.29, 0.717) is 35.7 Å². The van der Waals surface area contributed by atoms with Gasteiger partial charge in [-0.05, 0) is 19.1 Å². The zero-order valence-electron chi connectivity index (χ0n) is 13.6. The Morgan fingerprint density at radius 2 is 2.24 bits per heavy atom. The summed E-state index contributed by atoms with van der Waals surface area (Å²) in [4.78, 5) is 4.29. The van der Waals surface area contributed by atoms with Crippen LogP contribution in [0.4, 0.5) is 0 Å². The second-order valence-electron chi connectivity index (χ2n) is 5.07. The van der Waals surface area contributed by atoms with E-state index in [1.807, 2.05) is 25.1 Å². The summed E-state index contributed by atoms with van der Waals surface area (Å²) in [6.07, 6.45) is 1.71. The molecule has 0 aliphatic rings. The van der Waals surface area contributed by atoms with Gasteiger partial charge in [-0.2, -0.15) is 4.37 Å². The van der Waals surface area contributed by atoms with Crippen LogP contribution in [0.5, 0.6) is 10.9 Å². The highest BCUT2D eigenvalue weighted by atomic mass is 32.1. The van der Waals surface area contributed by atoms with Gasteiger partial charge in [0.05, 0.1) is 23.9 Å². The van der Waals surface area contributed by atoms with Gasteiger partial charge in [-0.3, -0.25) is 10.3 Å². The Labute approximate surface area is 148 Å². The molecule has 0 spiro atoms. The maximum atomic E-state index is 8.69. The number of rotatable bonds is 9. The van der Waals surface area contributed by atoms with Crippen molar-refractivity contribution in [1.29, 1.82) is 0 Å². The molecule has 0 saturated heterocycles. The fourth-order valence-electron chi connectivity index (χ4n) is 2.06. The van der Waals surface area contributed by atoms with Crippen molar-refractivity contribution in [3.05, 3.63) is 41.8 Å². The van der Waals surface area contributed by atoms with Crippen molar-refractivity contribution in [3.8, 4) is 22.3 Å². The van der Waals surface area contributed by atoms with Crippen LogP contribution in [0.1, 0.15) is 11.3 Å². The van der Waals surface area contributed by atoms with Crippen molar-refractivity contribution < 1.29 is 19.1 Å². The van der Waals surface area contributed by atoms with Crippen LogP contribution in [-0.4, -0.2) is 39.5 Å². The summed E-state index contributed by atoms with van der Waals surface area (Å²) in [7, 11) is 0. The van der Waals surface area contributed by atoms with Gasteiger partial charge in [0.25, 0.3) is 0 Å². The molecule has 25 heavy (non-hydrogen) atoms. The molecule has 8 nitrogen and oxygen atoms in total. The second kappa shape index (κ2) is 8.56. The minimum Gasteiger partial charge on any atom is -0.472 e. The molecule has 132 valence electrons. The summed E-state index contributed by atoms with van der Waals surface area (Å²) >= 11 is 1.20. The zero-order valence-corrected chi connectivity index (χ0v) is 14.5. The summed E-state index contributed by atoms with van der Waals surface area (Å²) < 4.78 is 20.7. The van der Waals surface area contributed by atoms with Crippen molar-refractivity contribution in [1.82, 2.24) is 19.8 Å². The lowest BCUT2D eigenvalue weighted by molar-refractivity contribution is 0.247. The van der Waals surface area contributed by atoms with Gasteiger partial charge in [-0.1, -0.05) is 11.2 Å². The molecule has 0 saturated carbocycles. The van der Waals surface area contributed by atoms with Crippen LogP contribution in [0.15, 0.2) is 35.0 Å². The Morgan fingerprint density at radius 3 is 3.04 bits per heavy atom. The van der Waals surface area contributed by atoms with Gasteiger partial charge in [-0.15, -0.1) is 0 Å². The van der Waals surface area contributed by atoms with E-state index in [1.54, 1.807) is 12.3 Å². The van der Waals surface area contributed by atoms with E-state index in [-0.39, 0.29) is 13.2 Å². The van der Waals surface area contributed by atoms with Gasteiger partial charge in [0.15, 0.2) is 5.06 Å². The second-order valence-corrected chi connectivity index (χ2v) is 5.83. The molecular weight excluding hydrogens is 344 g/mol. The summed E-state index contributed by atoms with van der Waals surface area (Å²) in [5.74, 6) is 1.15. The van der Waals surface area contributed by atoms with E-state index in [0.717, 1.165) is 11.3 Å². The minimum atomic E-state index is 0.0666. The van der Waals surface area contributed by atoms with Gasteiger partial charge < -0.3 is 19.1 Å². The van der Waals surface area contributed by atoms with Gasteiger partial charge in [0.2, 0.25) is 5.88 Å². The number of aryl methyl sites for hydroxylation is 1. The van der Waals surface area contributed by atoms with Crippen molar-refractivity contribution >= 4 is 11.5 Å². The predicted molar refractivity (Wildman–Crippen MR) is 91.5 cm³/mol. The lowest BCUT2D eigenvalue weighted by Gasteiger charge is -2.04. The molecule has 0 bridgehead atoms. The number of aliphatic hydroxyl groups excluding tert-OH is 1. The highest BCUT2D eigenvalue weighted by Gasteiger charge is 2.17. The van der Waals surface area contributed by atoms with Crippen LogP contribution < -0.4 is 14.8 Å². The summed E-state index contributed by atoms with van der Waals surface area (Å²) in [5.41, 5.74) is 2.23. The van der Waals surface area contributed by atoms with E-state index in [2.05, 4.69) is 19.8 Å². The number of pyridine rings is 1. The van der Waals surface area contributed by atoms with Crippen LogP contribution in [-0.2, 0) is 6.61 Å². The minimum absolute atomic E-state index is 0.0666. The standard InChI is InChI=1S/C16H18N4O4S/c1-11-12(16(19-24-11)13-4-2-3-5-18-13)9-22-14-8-15(25-20-14)23-10-17-6-7-21/h2-5,8,17,21H,6-7,9-10H2,1H3. The SMILES string of the molecule is Cc1onc(-c2ccccn2)c1COc1cc(OCNCCO)sn1. The van der Waals surface area contributed by atoms with Crippen molar-refractivity contribution in [3.63, 3.8) is 0 Å². The third kappa shape index (κ3) is 4.53. The first kappa shape index (κ1) is 17.3. The summed E-state index contributed by atoms with van der Waals surface area (Å²) in [6.45, 7) is 2.95. The Morgan fingerprint density at radius 1 is 1.32 bits per heavy atom. The highest BCUT2D eigenvalue weighted by Crippen LogP contribution is 2.27. The molecule has 0 aliphatic carbocycles. The highest BCUT2D eigenvalue weighted by molar-refractivity contribution is 7.07. The lowest BCUT2D eigenvalue weighted by atomic mass is 10.1. The molecule has 0 radical (unpaired) electrons. The number of nitrogens with zero attached hydrogens (tertiary/aromatic N) is 3. The smallest absolute Gasteiger partial charge is 0.229 e. The van der Waals surface area contributed by atoms with Crippen molar-refractivity contribution in [2.24, 2.45) is 0 Å². The van der Waals surface area contributed by atoms with E-state index in [9.17, 15) is 0 Å². The Balaban J connectivity index is 1.61. The molecule has 0 aliphatic heterocycles. The molecule has 3 aromatic heterocycles.